The summed E-state index contributed by atoms with van der Waals surface area (Å²) in [5.74, 6) is 0.217. The summed E-state index contributed by atoms with van der Waals surface area (Å²) in [5.41, 5.74) is 0.988. The highest BCUT2D eigenvalue weighted by molar-refractivity contribution is 7.20. The lowest BCUT2D eigenvalue weighted by Crippen LogP contribution is -1.99. The van der Waals surface area contributed by atoms with Crippen LogP contribution in [0.25, 0.3) is 16.0 Å². The second-order valence-electron chi connectivity index (χ2n) is 4.77. The molecule has 3 heterocycles. The molecule has 0 atom stereocenters. The van der Waals surface area contributed by atoms with E-state index in [-0.39, 0.29) is 0 Å². The van der Waals surface area contributed by atoms with Crippen LogP contribution < -0.4 is 0 Å². The molecule has 0 bridgehead atoms. The lowest BCUT2D eigenvalue weighted by atomic mass is 10.2. The third kappa shape index (κ3) is 1.70. The molecule has 20 heavy (non-hydrogen) atoms. The summed E-state index contributed by atoms with van der Waals surface area (Å²) >= 11 is 1.23. The molecule has 1 aliphatic carbocycles. The van der Waals surface area contributed by atoms with Crippen LogP contribution in [-0.2, 0) is 0 Å². The van der Waals surface area contributed by atoms with E-state index >= 15 is 0 Å². The van der Waals surface area contributed by atoms with Crippen molar-refractivity contribution in [1.82, 2.24) is 19.7 Å². The number of hydrogen-bond acceptors (Lipinski definition) is 5. The van der Waals surface area contributed by atoms with Crippen molar-refractivity contribution in [2.75, 3.05) is 0 Å². The minimum absolute atomic E-state index is 0.335. The van der Waals surface area contributed by atoms with Crippen molar-refractivity contribution >= 4 is 27.5 Å². The van der Waals surface area contributed by atoms with Crippen molar-refractivity contribution in [3.63, 3.8) is 0 Å². The first-order chi connectivity index (χ1) is 9.74. The molecule has 3 aromatic rings. The summed E-state index contributed by atoms with van der Waals surface area (Å²) in [7, 11) is 0. The van der Waals surface area contributed by atoms with Gasteiger partial charge >= 0.3 is 5.97 Å². The first-order valence-electron chi connectivity index (χ1n) is 6.26. The standard InChI is InChI=1S/C13H10N4O2S/c18-13(19)9-5-8-11(7-1-2-7)16-17(12(8)20-9)10-3-4-14-6-15-10/h3-7H,1-2H2,(H,18,19). The van der Waals surface area contributed by atoms with E-state index in [1.165, 1.54) is 17.7 Å². The molecule has 1 aliphatic rings. The van der Waals surface area contributed by atoms with Gasteiger partial charge in [0.25, 0.3) is 0 Å². The molecule has 1 fully saturated rings. The van der Waals surface area contributed by atoms with E-state index < -0.39 is 5.97 Å². The first-order valence-corrected chi connectivity index (χ1v) is 7.08. The smallest absolute Gasteiger partial charge is 0.345 e. The highest BCUT2D eigenvalue weighted by Crippen LogP contribution is 2.44. The fraction of sp³-hybridized carbons (Fsp3) is 0.231. The largest absolute Gasteiger partial charge is 0.477 e. The van der Waals surface area contributed by atoms with Crippen LogP contribution in [0.15, 0.2) is 24.7 Å². The Hall–Kier alpha value is -2.28. The zero-order chi connectivity index (χ0) is 13.7. The van der Waals surface area contributed by atoms with Crippen LogP contribution >= 0.6 is 11.3 Å². The van der Waals surface area contributed by atoms with Gasteiger partial charge in [-0.3, -0.25) is 0 Å². The van der Waals surface area contributed by atoms with Gasteiger partial charge in [0.05, 0.1) is 5.69 Å². The summed E-state index contributed by atoms with van der Waals surface area (Å²) in [6.45, 7) is 0. The minimum atomic E-state index is -0.901. The van der Waals surface area contributed by atoms with E-state index in [1.807, 2.05) is 0 Å². The number of aromatic carboxylic acids is 1. The molecule has 0 aromatic carbocycles. The summed E-state index contributed by atoms with van der Waals surface area (Å²) < 4.78 is 1.72. The second-order valence-corrected chi connectivity index (χ2v) is 5.80. The van der Waals surface area contributed by atoms with E-state index in [0.29, 0.717) is 16.6 Å². The van der Waals surface area contributed by atoms with Crippen molar-refractivity contribution in [2.24, 2.45) is 0 Å². The van der Waals surface area contributed by atoms with Crippen LogP contribution in [0.1, 0.15) is 34.1 Å². The normalized spacial score (nSPS) is 14.8. The Bertz CT molecular complexity index is 805. The van der Waals surface area contributed by atoms with E-state index in [9.17, 15) is 4.79 Å². The van der Waals surface area contributed by atoms with Crippen LogP contribution in [-0.4, -0.2) is 30.8 Å². The number of carboxylic acid groups (broad SMARTS) is 1. The van der Waals surface area contributed by atoms with Gasteiger partial charge in [-0.05, 0) is 18.9 Å². The van der Waals surface area contributed by atoms with Crippen molar-refractivity contribution < 1.29 is 9.90 Å². The van der Waals surface area contributed by atoms with Gasteiger partial charge in [-0.1, -0.05) is 0 Å². The van der Waals surface area contributed by atoms with Crippen LogP contribution in [0.2, 0.25) is 0 Å². The molecule has 0 aliphatic heterocycles. The van der Waals surface area contributed by atoms with Crippen molar-refractivity contribution in [1.29, 1.82) is 0 Å². The van der Waals surface area contributed by atoms with Gasteiger partial charge in [-0.15, -0.1) is 11.3 Å². The number of thiophene rings is 1. The van der Waals surface area contributed by atoms with Gasteiger partial charge in [-0.25, -0.2) is 19.4 Å². The topological polar surface area (TPSA) is 80.9 Å². The van der Waals surface area contributed by atoms with E-state index in [4.69, 9.17) is 5.11 Å². The van der Waals surface area contributed by atoms with E-state index in [2.05, 4.69) is 15.1 Å². The van der Waals surface area contributed by atoms with Gasteiger partial charge < -0.3 is 5.11 Å². The maximum atomic E-state index is 11.2. The summed E-state index contributed by atoms with van der Waals surface area (Å²) in [4.78, 5) is 20.4. The fourth-order valence-electron chi connectivity index (χ4n) is 2.26. The Morgan fingerprint density at radius 2 is 2.30 bits per heavy atom. The zero-order valence-electron chi connectivity index (χ0n) is 10.4. The quantitative estimate of drug-likeness (QED) is 0.799. The lowest BCUT2D eigenvalue weighted by molar-refractivity contribution is 0.0702. The molecule has 0 spiro atoms. The van der Waals surface area contributed by atoms with Gasteiger partial charge in [0, 0.05) is 23.6 Å². The number of nitrogens with zero attached hydrogens (tertiary/aromatic N) is 4. The Labute approximate surface area is 117 Å². The van der Waals surface area contributed by atoms with Crippen molar-refractivity contribution in [2.45, 2.75) is 18.8 Å². The van der Waals surface area contributed by atoms with Crippen LogP contribution in [0, 0.1) is 0 Å². The summed E-state index contributed by atoms with van der Waals surface area (Å²) in [6, 6.07) is 3.49. The Morgan fingerprint density at radius 3 is 2.95 bits per heavy atom. The van der Waals surface area contributed by atoms with E-state index in [1.54, 1.807) is 23.0 Å². The molecule has 100 valence electrons. The molecule has 0 radical (unpaired) electrons. The summed E-state index contributed by atoms with van der Waals surface area (Å²) in [5, 5.41) is 14.7. The average Bonchev–Trinajstić information content (AvgIpc) is 3.09. The van der Waals surface area contributed by atoms with Crippen LogP contribution in [0.3, 0.4) is 0 Å². The van der Waals surface area contributed by atoms with Gasteiger partial charge in [0.1, 0.15) is 16.0 Å². The molecule has 4 rings (SSSR count). The maximum absolute atomic E-state index is 11.2. The number of fused-ring (bicyclic) bond motifs is 1. The number of carboxylic acids is 1. The number of rotatable bonds is 3. The molecule has 0 unspecified atom stereocenters. The zero-order valence-corrected chi connectivity index (χ0v) is 11.2. The predicted octanol–water partition coefficient (Wildman–Crippen LogP) is 2.45. The molecule has 1 saturated carbocycles. The average molecular weight is 286 g/mol. The Kier molecular flexibility index (Phi) is 2.37. The van der Waals surface area contributed by atoms with Crippen LogP contribution in [0.5, 0.6) is 0 Å². The SMILES string of the molecule is O=C(O)c1cc2c(C3CC3)nn(-c3ccncn3)c2s1. The monoisotopic (exact) mass is 286 g/mol. The third-order valence-electron chi connectivity index (χ3n) is 3.35. The lowest BCUT2D eigenvalue weighted by Gasteiger charge is -1.99. The Balaban J connectivity index is 1.98. The van der Waals surface area contributed by atoms with Crippen LogP contribution in [0.4, 0.5) is 0 Å². The molecule has 7 heteroatoms. The fourth-order valence-corrected chi connectivity index (χ4v) is 3.22. The molecule has 3 aromatic heterocycles. The second kappa shape index (κ2) is 4.11. The van der Waals surface area contributed by atoms with Crippen molar-refractivity contribution in [3.8, 4) is 5.82 Å². The highest BCUT2D eigenvalue weighted by atomic mass is 32.1. The first kappa shape index (κ1) is 11.5. The summed E-state index contributed by atoms with van der Waals surface area (Å²) in [6.07, 6.45) is 5.35. The van der Waals surface area contributed by atoms with E-state index in [0.717, 1.165) is 28.8 Å². The molecule has 1 N–H and O–H groups in total. The van der Waals surface area contributed by atoms with Gasteiger partial charge in [0.15, 0.2) is 5.82 Å². The number of hydrogen-bond donors (Lipinski definition) is 1. The number of carbonyl (C=O) groups is 1. The molecular formula is C13H10N4O2S. The highest BCUT2D eigenvalue weighted by Gasteiger charge is 2.31. The minimum Gasteiger partial charge on any atom is -0.477 e. The third-order valence-corrected chi connectivity index (χ3v) is 4.45. The predicted molar refractivity (Wildman–Crippen MR) is 73.5 cm³/mol. The molecular weight excluding hydrogens is 276 g/mol. The Morgan fingerprint density at radius 1 is 1.45 bits per heavy atom. The van der Waals surface area contributed by atoms with Gasteiger partial charge in [-0.2, -0.15) is 5.10 Å². The van der Waals surface area contributed by atoms with Crippen molar-refractivity contribution in [3.05, 3.63) is 35.2 Å². The maximum Gasteiger partial charge on any atom is 0.345 e. The molecule has 0 saturated heterocycles. The molecule has 6 nitrogen and oxygen atoms in total. The number of aromatic nitrogens is 4. The van der Waals surface area contributed by atoms with Gasteiger partial charge in [0.2, 0.25) is 0 Å². The molecule has 0 amide bonds.